The van der Waals surface area contributed by atoms with E-state index in [2.05, 4.69) is 15.2 Å². The van der Waals surface area contributed by atoms with Gasteiger partial charge in [-0.25, -0.2) is 0 Å². The summed E-state index contributed by atoms with van der Waals surface area (Å²) < 4.78 is 0. The normalized spacial score (nSPS) is 19.9. The summed E-state index contributed by atoms with van der Waals surface area (Å²) in [6.45, 7) is 3.53. The quantitative estimate of drug-likeness (QED) is 0.740. The predicted octanol–water partition coefficient (Wildman–Crippen LogP) is 4.49. The highest BCUT2D eigenvalue weighted by Crippen LogP contribution is 2.34. The zero-order valence-electron chi connectivity index (χ0n) is 14.6. The van der Waals surface area contributed by atoms with Crippen molar-refractivity contribution in [3.63, 3.8) is 0 Å². The highest BCUT2D eigenvalue weighted by molar-refractivity contribution is 6.31. The van der Waals surface area contributed by atoms with Gasteiger partial charge < -0.3 is 5.32 Å². The van der Waals surface area contributed by atoms with Crippen LogP contribution in [0, 0.1) is 0 Å². The number of benzene rings is 2. The lowest BCUT2D eigenvalue weighted by molar-refractivity contribution is -0.136. The van der Waals surface area contributed by atoms with Crippen LogP contribution in [0.15, 0.2) is 60.8 Å². The van der Waals surface area contributed by atoms with Gasteiger partial charge in [0.2, 0.25) is 5.91 Å². The molecule has 3 aromatic rings. The van der Waals surface area contributed by atoms with E-state index in [9.17, 15) is 4.79 Å². The van der Waals surface area contributed by atoms with Crippen molar-refractivity contribution in [3.8, 4) is 0 Å². The molecule has 1 fully saturated rings. The minimum atomic E-state index is -0.537. The van der Waals surface area contributed by atoms with Crippen molar-refractivity contribution in [2.45, 2.75) is 25.4 Å². The number of fused-ring (bicyclic) bond motifs is 1. The Morgan fingerprint density at radius 1 is 1.23 bits per heavy atom. The van der Waals surface area contributed by atoms with E-state index >= 15 is 0 Å². The lowest BCUT2D eigenvalue weighted by atomic mass is 9.85. The minimum Gasteiger partial charge on any atom is -0.323 e. The number of nitrogens with one attached hydrogen (secondary N) is 1. The number of halogens is 1. The van der Waals surface area contributed by atoms with Crippen LogP contribution in [0.2, 0.25) is 5.02 Å². The molecule has 1 aliphatic rings. The molecule has 1 amide bonds. The molecule has 26 heavy (non-hydrogen) atoms. The molecule has 0 saturated carbocycles. The minimum absolute atomic E-state index is 0.00659. The van der Waals surface area contributed by atoms with Crippen molar-refractivity contribution in [1.29, 1.82) is 0 Å². The van der Waals surface area contributed by atoms with Crippen LogP contribution in [0.5, 0.6) is 0 Å². The fourth-order valence-electron chi connectivity index (χ4n) is 3.35. The maximum absolute atomic E-state index is 12.9. The molecular formula is C21H20ClN3O. The molecule has 1 aromatic heterocycles. The molecule has 2 heterocycles. The first kappa shape index (κ1) is 17.0. The van der Waals surface area contributed by atoms with Crippen LogP contribution < -0.4 is 5.32 Å². The summed E-state index contributed by atoms with van der Waals surface area (Å²) in [7, 11) is 0. The Bertz CT molecular complexity index is 974. The number of aromatic nitrogens is 1. The number of hydrogen-bond donors (Lipinski definition) is 1. The Morgan fingerprint density at radius 2 is 2.00 bits per heavy atom. The monoisotopic (exact) mass is 365 g/mol. The van der Waals surface area contributed by atoms with E-state index < -0.39 is 5.54 Å². The molecule has 5 heteroatoms. The summed E-state index contributed by atoms with van der Waals surface area (Å²) in [6.07, 6.45) is 2.53. The SMILES string of the molecule is CC1(C(=O)Nc2cnc3ccccc3c2)CCN1Cc1ccccc1Cl. The number of pyridine rings is 1. The Hall–Kier alpha value is -2.43. The van der Waals surface area contributed by atoms with Crippen LogP contribution in [0.4, 0.5) is 5.69 Å². The van der Waals surface area contributed by atoms with Gasteiger partial charge in [0.1, 0.15) is 0 Å². The zero-order valence-corrected chi connectivity index (χ0v) is 15.3. The van der Waals surface area contributed by atoms with E-state index in [1.54, 1.807) is 6.20 Å². The van der Waals surface area contributed by atoms with Crippen molar-refractivity contribution in [1.82, 2.24) is 9.88 Å². The van der Waals surface area contributed by atoms with Crippen molar-refractivity contribution in [3.05, 3.63) is 71.4 Å². The lowest BCUT2D eigenvalue weighted by Crippen LogP contribution is -2.63. The van der Waals surface area contributed by atoms with Gasteiger partial charge in [0, 0.05) is 23.5 Å². The maximum Gasteiger partial charge on any atom is 0.244 e. The van der Waals surface area contributed by atoms with Gasteiger partial charge in [-0.15, -0.1) is 0 Å². The van der Waals surface area contributed by atoms with Crippen LogP contribution in [-0.4, -0.2) is 27.9 Å². The molecule has 1 N–H and O–H groups in total. The van der Waals surface area contributed by atoms with Crippen molar-refractivity contribution in [2.75, 3.05) is 11.9 Å². The average Bonchev–Trinajstić information content (AvgIpc) is 2.65. The zero-order chi connectivity index (χ0) is 18.1. The summed E-state index contributed by atoms with van der Waals surface area (Å²) >= 11 is 6.27. The third-order valence-electron chi connectivity index (χ3n) is 5.22. The highest BCUT2D eigenvalue weighted by atomic mass is 35.5. The average molecular weight is 366 g/mol. The fourth-order valence-corrected chi connectivity index (χ4v) is 3.55. The number of carbonyl (C=O) groups excluding carboxylic acids is 1. The molecule has 0 radical (unpaired) electrons. The first-order valence-electron chi connectivity index (χ1n) is 8.71. The summed E-state index contributed by atoms with van der Waals surface area (Å²) in [6, 6.07) is 17.6. The summed E-state index contributed by atoms with van der Waals surface area (Å²) in [5, 5.41) is 4.78. The van der Waals surface area contributed by atoms with Gasteiger partial charge in [-0.1, -0.05) is 48.0 Å². The molecule has 0 aliphatic carbocycles. The highest BCUT2D eigenvalue weighted by Gasteiger charge is 2.46. The van der Waals surface area contributed by atoms with Crippen LogP contribution in [-0.2, 0) is 11.3 Å². The Labute approximate surface area is 157 Å². The molecule has 132 valence electrons. The summed E-state index contributed by atoms with van der Waals surface area (Å²) in [5.41, 5.74) is 2.14. The molecule has 0 spiro atoms. The summed E-state index contributed by atoms with van der Waals surface area (Å²) in [5.74, 6) is -0.00659. The van der Waals surface area contributed by atoms with Gasteiger partial charge >= 0.3 is 0 Å². The third-order valence-corrected chi connectivity index (χ3v) is 5.59. The number of rotatable bonds is 4. The molecule has 1 aliphatic heterocycles. The third kappa shape index (κ3) is 3.06. The van der Waals surface area contributed by atoms with E-state index in [1.165, 1.54) is 0 Å². The van der Waals surface area contributed by atoms with E-state index in [0.29, 0.717) is 6.54 Å². The maximum atomic E-state index is 12.9. The molecule has 1 saturated heterocycles. The second-order valence-corrected chi connectivity index (χ2v) is 7.31. The van der Waals surface area contributed by atoms with Gasteiger partial charge in [-0.05, 0) is 37.1 Å². The van der Waals surface area contributed by atoms with Gasteiger partial charge in [0.15, 0.2) is 0 Å². The second-order valence-electron chi connectivity index (χ2n) is 6.91. The number of carbonyl (C=O) groups is 1. The van der Waals surface area contributed by atoms with E-state index in [-0.39, 0.29) is 5.91 Å². The number of likely N-dealkylation sites (tertiary alicyclic amines) is 1. The molecule has 2 aromatic carbocycles. The first-order valence-corrected chi connectivity index (χ1v) is 9.09. The molecule has 4 nitrogen and oxygen atoms in total. The van der Waals surface area contributed by atoms with Crippen LogP contribution in [0.25, 0.3) is 10.9 Å². The second kappa shape index (κ2) is 6.71. The summed E-state index contributed by atoms with van der Waals surface area (Å²) in [4.78, 5) is 19.5. The van der Waals surface area contributed by atoms with Crippen LogP contribution in [0.3, 0.4) is 0 Å². The molecule has 1 unspecified atom stereocenters. The Kier molecular flexibility index (Phi) is 4.39. The van der Waals surface area contributed by atoms with Gasteiger partial charge in [-0.3, -0.25) is 14.7 Å². The standard InChI is InChI=1S/C21H20ClN3O/c1-21(10-11-25(21)14-16-7-2-4-8-18(16)22)20(26)24-17-12-15-6-3-5-9-19(15)23-13-17/h2-9,12-13H,10-11,14H2,1H3,(H,24,26). The molecular weight excluding hydrogens is 346 g/mol. The Morgan fingerprint density at radius 3 is 2.77 bits per heavy atom. The lowest BCUT2D eigenvalue weighted by Gasteiger charge is -2.49. The molecule has 1 atom stereocenters. The van der Waals surface area contributed by atoms with Crippen molar-refractivity contribution >= 4 is 34.1 Å². The molecule has 0 bridgehead atoms. The largest absolute Gasteiger partial charge is 0.323 e. The molecule has 4 rings (SSSR count). The topological polar surface area (TPSA) is 45.2 Å². The predicted molar refractivity (Wildman–Crippen MR) is 105 cm³/mol. The number of hydrogen-bond acceptors (Lipinski definition) is 3. The van der Waals surface area contributed by atoms with E-state index in [1.807, 2.05) is 61.5 Å². The Balaban J connectivity index is 1.50. The smallest absolute Gasteiger partial charge is 0.244 e. The van der Waals surface area contributed by atoms with Gasteiger partial charge in [-0.2, -0.15) is 0 Å². The van der Waals surface area contributed by atoms with E-state index in [4.69, 9.17) is 11.6 Å². The van der Waals surface area contributed by atoms with Crippen molar-refractivity contribution in [2.24, 2.45) is 0 Å². The number of para-hydroxylation sites is 1. The van der Waals surface area contributed by atoms with Crippen molar-refractivity contribution < 1.29 is 4.79 Å². The van der Waals surface area contributed by atoms with E-state index in [0.717, 1.165) is 40.1 Å². The van der Waals surface area contributed by atoms with Gasteiger partial charge in [0.25, 0.3) is 0 Å². The van der Waals surface area contributed by atoms with Gasteiger partial charge in [0.05, 0.1) is 22.9 Å². The van der Waals surface area contributed by atoms with Crippen LogP contribution in [0.1, 0.15) is 18.9 Å². The van der Waals surface area contributed by atoms with Crippen LogP contribution >= 0.6 is 11.6 Å². The fraction of sp³-hybridized carbons (Fsp3) is 0.238. The number of nitrogens with zero attached hydrogens (tertiary/aromatic N) is 2. The number of amides is 1. The number of anilines is 1. The first-order chi connectivity index (χ1) is 12.6.